The molecule has 1 aliphatic heterocycles. The van der Waals surface area contributed by atoms with Crippen molar-refractivity contribution in [2.75, 3.05) is 10.8 Å². The van der Waals surface area contributed by atoms with Gasteiger partial charge in [0, 0.05) is 6.42 Å². The summed E-state index contributed by atoms with van der Waals surface area (Å²) < 4.78 is 34.5. The first-order chi connectivity index (χ1) is 15.2. The van der Waals surface area contributed by atoms with Gasteiger partial charge in [0.2, 0.25) is 0 Å². The highest BCUT2D eigenvalue weighted by atomic mass is 32.2. The monoisotopic (exact) mass is 453 g/mol. The summed E-state index contributed by atoms with van der Waals surface area (Å²) in [6.07, 6.45) is -0.535. The molecular weight excluding hydrogens is 430 g/mol. The highest BCUT2D eigenvalue weighted by Gasteiger charge is 2.35. The molecule has 0 bridgehead atoms. The maximum Gasteiger partial charge on any atom is 0.303 e. The highest BCUT2D eigenvalue weighted by molar-refractivity contribution is 7.92. The van der Waals surface area contributed by atoms with Crippen LogP contribution >= 0.6 is 0 Å². The van der Waals surface area contributed by atoms with Gasteiger partial charge in [-0.15, -0.1) is 0 Å². The lowest BCUT2D eigenvalue weighted by atomic mass is 10.0. The first-order valence-electron chi connectivity index (χ1n) is 10.2. The maximum atomic E-state index is 13.6. The van der Waals surface area contributed by atoms with Crippen LogP contribution in [0, 0.1) is 6.92 Å². The van der Waals surface area contributed by atoms with Crippen LogP contribution in [0.5, 0.6) is 11.5 Å². The van der Waals surface area contributed by atoms with Crippen LogP contribution in [0.25, 0.3) is 11.1 Å². The first kappa shape index (κ1) is 21.7. The SMILES string of the molecule is Cc1cccc(S(=O)(=O)N2C[C@H](CCC(=O)O)Oc3ccc(-c4cccc(O)c4)cc32)c1. The van der Waals surface area contributed by atoms with Crippen LogP contribution in [0.4, 0.5) is 5.69 Å². The van der Waals surface area contributed by atoms with Gasteiger partial charge in [-0.1, -0.05) is 30.3 Å². The molecule has 0 saturated heterocycles. The molecule has 8 heteroatoms. The second kappa shape index (κ2) is 8.55. The third-order valence-electron chi connectivity index (χ3n) is 5.33. The summed E-state index contributed by atoms with van der Waals surface area (Å²) in [4.78, 5) is 11.2. The summed E-state index contributed by atoms with van der Waals surface area (Å²) in [5.41, 5.74) is 2.64. The van der Waals surface area contributed by atoms with Crippen LogP contribution in [-0.4, -0.2) is 37.2 Å². The fourth-order valence-electron chi connectivity index (χ4n) is 3.74. The van der Waals surface area contributed by atoms with Crippen LogP contribution in [0.15, 0.2) is 71.6 Å². The van der Waals surface area contributed by atoms with Crippen molar-refractivity contribution in [3.63, 3.8) is 0 Å². The molecule has 166 valence electrons. The molecule has 0 amide bonds. The Kier molecular flexibility index (Phi) is 5.80. The van der Waals surface area contributed by atoms with E-state index < -0.39 is 22.1 Å². The Morgan fingerprint density at radius 1 is 1.06 bits per heavy atom. The average molecular weight is 454 g/mol. The van der Waals surface area contributed by atoms with E-state index in [2.05, 4.69) is 0 Å². The Bertz CT molecular complexity index is 1270. The van der Waals surface area contributed by atoms with Gasteiger partial charge in [-0.2, -0.15) is 0 Å². The van der Waals surface area contributed by atoms with E-state index in [1.165, 1.54) is 4.31 Å². The third kappa shape index (κ3) is 4.40. The molecule has 0 aromatic heterocycles. The number of sulfonamides is 1. The van der Waals surface area contributed by atoms with Crippen molar-refractivity contribution in [1.82, 2.24) is 0 Å². The minimum Gasteiger partial charge on any atom is -0.508 e. The molecule has 2 N–H and O–H groups in total. The number of aryl methyl sites for hydroxylation is 1. The summed E-state index contributed by atoms with van der Waals surface area (Å²) in [6, 6.07) is 18.5. The van der Waals surface area contributed by atoms with Gasteiger partial charge in [-0.05, 0) is 66.4 Å². The van der Waals surface area contributed by atoms with Gasteiger partial charge < -0.3 is 14.9 Å². The van der Waals surface area contributed by atoms with Gasteiger partial charge in [0.15, 0.2) is 0 Å². The fraction of sp³-hybridized carbons (Fsp3) is 0.208. The quantitative estimate of drug-likeness (QED) is 0.580. The number of fused-ring (bicyclic) bond motifs is 1. The number of ether oxygens (including phenoxy) is 1. The number of aliphatic carboxylic acids is 1. The number of aromatic hydroxyl groups is 1. The van der Waals surface area contributed by atoms with Gasteiger partial charge in [-0.3, -0.25) is 9.10 Å². The van der Waals surface area contributed by atoms with Crippen LogP contribution in [0.3, 0.4) is 0 Å². The van der Waals surface area contributed by atoms with Crippen molar-refractivity contribution in [2.45, 2.75) is 30.8 Å². The Labute approximate surface area is 186 Å². The van der Waals surface area contributed by atoms with E-state index in [4.69, 9.17) is 9.84 Å². The number of carboxylic acids is 1. The van der Waals surface area contributed by atoms with Crippen molar-refractivity contribution in [3.8, 4) is 22.6 Å². The summed E-state index contributed by atoms with van der Waals surface area (Å²) in [5, 5.41) is 18.9. The normalized spacial score (nSPS) is 15.7. The number of hydrogen-bond donors (Lipinski definition) is 2. The smallest absolute Gasteiger partial charge is 0.303 e. The summed E-state index contributed by atoms with van der Waals surface area (Å²) in [6.45, 7) is 1.82. The molecule has 0 radical (unpaired) electrons. The Morgan fingerprint density at radius 2 is 1.81 bits per heavy atom. The van der Waals surface area contributed by atoms with E-state index in [1.54, 1.807) is 54.6 Å². The topological polar surface area (TPSA) is 104 Å². The van der Waals surface area contributed by atoms with E-state index in [9.17, 15) is 18.3 Å². The molecule has 1 heterocycles. The van der Waals surface area contributed by atoms with E-state index in [1.807, 2.05) is 19.1 Å². The predicted molar refractivity (Wildman–Crippen MR) is 121 cm³/mol. The number of benzene rings is 3. The molecular formula is C24H23NO6S. The Hall–Kier alpha value is -3.52. The zero-order valence-electron chi connectivity index (χ0n) is 17.4. The number of hydrogen-bond acceptors (Lipinski definition) is 5. The second-order valence-corrected chi connectivity index (χ2v) is 9.62. The molecule has 32 heavy (non-hydrogen) atoms. The van der Waals surface area contributed by atoms with E-state index >= 15 is 0 Å². The molecule has 3 aromatic carbocycles. The molecule has 3 aromatic rings. The number of phenols is 1. The molecule has 0 saturated carbocycles. The van der Waals surface area contributed by atoms with E-state index in [0.717, 1.165) is 16.7 Å². The number of carbonyl (C=O) groups is 1. The van der Waals surface area contributed by atoms with Crippen LogP contribution in [0.1, 0.15) is 18.4 Å². The van der Waals surface area contributed by atoms with Crippen molar-refractivity contribution in [3.05, 3.63) is 72.3 Å². The van der Waals surface area contributed by atoms with Gasteiger partial charge in [-0.25, -0.2) is 8.42 Å². The van der Waals surface area contributed by atoms with Crippen LogP contribution < -0.4 is 9.04 Å². The molecule has 4 rings (SSSR count). The van der Waals surface area contributed by atoms with Crippen molar-refractivity contribution >= 4 is 21.7 Å². The number of carboxylic acid groups (broad SMARTS) is 1. The van der Waals surface area contributed by atoms with Crippen LogP contribution in [-0.2, 0) is 14.8 Å². The number of nitrogens with zero attached hydrogens (tertiary/aromatic N) is 1. The Morgan fingerprint density at radius 3 is 2.53 bits per heavy atom. The first-order valence-corrected chi connectivity index (χ1v) is 11.6. The van der Waals surface area contributed by atoms with Gasteiger partial charge in [0.05, 0.1) is 17.1 Å². The summed E-state index contributed by atoms with van der Waals surface area (Å²) in [5.74, 6) is -0.493. The lowest BCUT2D eigenvalue weighted by Gasteiger charge is -2.35. The minimum absolute atomic E-state index is 0.0000479. The number of rotatable bonds is 6. The van der Waals surface area contributed by atoms with E-state index in [-0.39, 0.29) is 30.0 Å². The molecule has 0 fully saturated rings. The van der Waals surface area contributed by atoms with Gasteiger partial charge in [0.1, 0.15) is 17.6 Å². The highest BCUT2D eigenvalue weighted by Crippen LogP contribution is 2.41. The molecule has 1 atom stereocenters. The zero-order chi connectivity index (χ0) is 22.9. The standard InChI is InChI=1S/C24H23NO6S/c1-16-4-2-7-21(12-16)32(29,30)25-15-20(9-11-24(27)28)31-23-10-8-18(14-22(23)25)17-5-3-6-19(26)13-17/h2-8,10,12-14,20,26H,9,11,15H2,1H3,(H,27,28)/t20-/m0/s1. The van der Waals surface area contributed by atoms with Gasteiger partial charge >= 0.3 is 5.97 Å². The largest absolute Gasteiger partial charge is 0.508 e. The third-order valence-corrected chi connectivity index (χ3v) is 7.10. The lowest BCUT2D eigenvalue weighted by molar-refractivity contribution is -0.137. The Balaban J connectivity index is 1.80. The maximum absolute atomic E-state index is 13.6. The predicted octanol–water partition coefficient (Wildman–Crippen LogP) is 4.19. The molecule has 1 aliphatic rings. The summed E-state index contributed by atoms with van der Waals surface area (Å²) in [7, 11) is -3.92. The van der Waals surface area contributed by atoms with Crippen molar-refractivity contribution in [1.29, 1.82) is 0 Å². The molecule has 0 spiro atoms. The van der Waals surface area contributed by atoms with Crippen molar-refractivity contribution in [2.24, 2.45) is 0 Å². The number of phenolic OH excluding ortho intramolecular Hbond substituents is 1. The molecule has 0 aliphatic carbocycles. The summed E-state index contributed by atoms with van der Waals surface area (Å²) >= 11 is 0. The molecule has 7 nitrogen and oxygen atoms in total. The van der Waals surface area contributed by atoms with Gasteiger partial charge in [0.25, 0.3) is 10.0 Å². The van der Waals surface area contributed by atoms with Crippen molar-refractivity contribution < 1.29 is 28.2 Å². The van der Waals surface area contributed by atoms with Crippen LogP contribution in [0.2, 0.25) is 0 Å². The fourth-order valence-corrected chi connectivity index (χ4v) is 5.35. The van der Waals surface area contributed by atoms with E-state index in [0.29, 0.717) is 11.4 Å². The second-order valence-electron chi connectivity index (χ2n) is 7.76. The number of anilines is 1. The molecule has 0 unspecified atom stereocenters. The average Bonchev–Trinajstić information content (AvgIpc) is 2.76. The minimum atomic E-state index is -3.92. The zero-order valence-corrected chi connectivity index (χ0v) is 18.2. The lowest BCUT2D eigenvalue weighted by Crippen LogP contribution is -2.43.